The first-order valence-electron chi connectivity index (χ1n) is 10.9. The number of H-pyrrole nitrogens is 1. The second-order valence-electron chi connectivity index (χ2n) is 9.48. The number of carbonyl (C=O) groups is 3. The third-order valence-corrected chi connectivity index (χ3v) is 6.06. The third kappa shape index (κ3) is 3.21. The molecule has 0 radical (unpaired) electrons. The van der Waals surface area contributed by atoms with Crippen LogP contribution in [-0.2, 0) is 33.0 Å². The fourth-order valence-corrected chi connectivity index (χ4v) is 4.69. The van der Waals surface area contributed by atoms with Crippen LogP contribution in [0.3, 0.4) is 0 Å². The first-order chi connectivity index (χ1) is 15.6. The predicted molar refractivity (Wildman–Crippen MR) is 120 cm³/mol. The van der Waals surface area contributed by atoms with Gasteiger partial charge in [0.05, 0.1) is 12.2 Å². The van der Waals surface area contributed by atoms with Crippen molar-refractivity contribution >= 4 is 28.8 Å². The fraction of sp³-hybridized carbons (Fsp3) is 0.320. The lowest BCUT2D eigenvalue weighted by Gasteiger charge is -2.40. The molecule has 5 rings (SSSR count). The van der Waals surface area contributed by atoms with E-state index in [1.54, 1.807) is 32.9 Å². The Bertz CT molecular complexity index is 1280. The Balaban J connectivity index is 1.65. The minimum absolute atomic E-state index is 0.0199. The number of benzene rings is 2. The summed E-state index contributed by atoms with van der Waals surface area (Å²) in [6.07, 6.45) is 0.120. The average molecular weight is 447 g/mol. The summed E-state index contributed by atoms with van der Waals surface area (Å²) in [6, 6.07) is 14.5. The zero-order chi connectivity index (χ0) is 23.5. The van der Waals surface area contributed by atoms with Gasteiger partial charge in [-0.2, -0.15) is 0 Å². The van der Waals surface area contributed by atoms with Gasteiger partial charge in [0.1, 0.15) is 11.6 Å². The summed E-state index contributed by atoms with van der Waals surface area (Å²) in [5.41, 5.74) is -0.845. The van der Waals surface area contributed by atoms with Gasteiger partial charge in [0.2, 0.25) is 0 Å². The molecule has 3 amide bonds. The summed E-state index contributed by atoms with van der Waals surface area (Å²) >= 11 is 0. The van der Waals surface area contributed by atoms with Crippen molar-refractivity contribution in [1.82, 2.24) is 14.8 Å². The molecule has 0 spiro atoms. The molecule has 8 nitrogen and oxygen atoms in total. The van der Waals surface area contributed by atoms with Gasteiger partial charge in [0, 0.05) is 17.3 Å². The smallest absolute Gasteiger partial charge is 0.330 e. The number of rotatable bonds is 3. The zero-order valence-electron chi connectivity index (χ0n) is 18.7. The molecular formula is C25H25N3O5. The van der Waals surface area contributed by atoms with Crippen molar-refractivity contribution in [3.05, 3.63) is 71.4 Å². The number of ether oxygens (including phenoxy) is 1. The van der Waals surface area contributed by atoms with Gasteiger partial charge in [0.15, 0.2) is 0 Å². The number of fused-ring (bicyclic) bond motifs is 5. The summed E-state index contributed by atoms with van der Waals surface area (Å²) in [5.74, 6) is -1.46. The number of esters is 1. The molecule has 1 aromatic heterocycles. The van der Waals surface area contributed by atoms with Crippen molar-refractivity contribution in [3.8, 4) is 0 Å². The Hall–Kier alpha value is -3.65. The number of hydrogen-bond donors (Lipinski definition) is 2. The van der Waals surface area contributed by atoms with E-state index in [0.29, 0.717) is 11.1 Å². The number of aromatic amines is 1. The highest BCUT2D eigenvalue weighted by Gasteiger charge is 2.65. The van der Waals surface area contributed by atoms with E-state index in [0.717, 1.165) is 20.7 Å². The summed E-state index contributed by atoms with van der Waals surface area (Å²) in [7, 11) is 0. The van der Waals surface area contributed by atoms with Gasteiger partial charge in [-0.1, -0.05) is 48.5 Å². The van der Waals surface area contributed by atoms with Crippen LogP contribution in [0.4, 0.5) is 4.79 Å². The van der Waals surface area contributed by atoms with Gasteiger partial charge < -0.3 is 14.8 Å². The van der Waals surface area contributed by atoms with E-state index in [1.165, 1.54) is 0 Å². The molecule has 2 aliphatic rings. The minimum atomic E-state index is -2.33. The van der Waals surface area contributed by atoms with Crippen molar-refractivity contribution in [2.45, 2.75) is 51.1 Å². The van der Waals surface area contributed by atoms with E-state index < -0.39 is 35.3 Å². The van der Waals surface area contributed by atoms with Crippen molar-refractivity contribution in [2.75, 3.05) is 0 Å². The molecule has 3 heterocycles. The number of nitrogens with zero attached hydrogens (tertiary/aromatic N) is 2. The van der Waals surface area contributed by atoms with Gasteiger partial charge in [0.25, 0.3) is 11.6 Å². The largest absolute Gasteiger partial charge is 0.458 e. The number of hydrogen-bond acceptors (Lipinski definition) is 5. The van der Waals surface area contributed by atoms with E-state index >= 15 is 0 Å². The minimum Gasteiger partial charge on any atom is -0.458 e. The lowest BCUT2D eigenvalue weighted by atomic mass is 9.89. The molecule has 2 N–H and O–H groups in total. The van der Waals surface area contributed by atoms with Crippen LogP contribution >= 0.6 is 0 Å². The summed E-state index contributed by atoms with van der Waals surface area (Å²) < 4.78 is 5.59. The van der Waals surface area contributed by atoms with Gasteiger partial charge in [-0.3, -0.25) is 14.6 Å². The Labute approximate surface area is 190 Å². The van der Waals surface area contributed by atoms with Crippen LogP contribution < -0.4 is 0 Å². The molecule has 170 valence electrons. The zero-order valence-corrected chi connectivity index (χ0v) is 18.7. The monoisotopic (exact) mass is 447 g/mol. The molecule has 1 fully saturated rings. The molecule has 0 unspecified atom stereocenters. The second kappa shape index (κ2) is 7.18. The van der Waals surface area contributed by atoms with Crippen LogP contribution in [0.25, 0.3) is 10.9 Å². The van der Waals surface area contributed by atoms with E-state index in [1.807, 2.05) is 42.5 Å². The number of carbonyl (C=O) groups excluding carboxylic acids is 3. The van der Waals surface area contributed by atoms with Crippen LogP contribution in [0, 0.1) is 0 Å². The van der Waals surface area contributed by atoms with Gasteiger partial charge in [-0.15, -0.1) is 0 Å². The van der Waals surface area contributed by atoms with Gasteiger partial charge in [-0.05, 0) is 38.0 Å². The molecule has 2 atom stereocenters. The molecule has 1 saturated heterocycles. The Kier molecular flexibility index (Phi) is 4.61. The standard InChI is InChI=1S/C25H25N3O5/c1-24(2,3)33-21(29)19-13-17-16-11-7-8-12-18(16)26-20(17)25(32)22(30)27(23(31)28(19)25)14-15-9-5-4-6-10-15/h4-12,19,26,32H,13-14H2,1-3H3/t19-,25-/m0/s1. The van der Waals surface area contributed by atoms with Crippen LogP contribution in [0.5, 0.6) is 0 Å². The lowest BCUT2D eigenvalue weighted by Crippen LogP contribution is -2.59. The highest BCUT2D eigenvalue weighted by Crippen LogP contribution is 2.45. The van der Waals surface area contributed by atoms with E-state index in [-0.39, 0.29) is 18.7 Å². The maximum atomic E-state index is 13.6. The van der Waals surface area contributed by atoms with Gasteiger partial charge in [-0.25, -0.2) is 9.59 Å². The molecule has 2 aliphatic heterocycles. The number of para-hydroxylation sites is 1. The second-order valence-corrected chi connectivity index (χ2v) is 9.48. The maximum Gasteiger partial charge on any atom is 0.330 e. The van der Waals surface area contributed by atoms with Gasteiger partial charge >= 0.3 is 12.0 Å². The Morgan fingerprint density at radius 1 is 1.12 bits per heavy atom. The third-order valence-electron chi connectivity index (χ3n) is 6.06. The van der Waals surface area contributed by atoms with Crippen LogP contribution in [0.1, 0.15) is 37.6 Å². The normalized spacial score (nSPS) is 22.5. The van der Waals surface area contributed by atoms with Crippen molar-refractivity contribution in [1.29, 1.82) is 0 Å². The van der Waals surface area contributed by atoms with E-state index in [9.17, 15) is 19.5 Å². The van der Waals surface area contributed by atoms with Crippen LogP contribution in [-0.4, -0.2) is 49.4 Å². The Morgan fingerprint density at radius 3 is 2.48 bits per heavy atom. The molecule has 3 aromatic rings. The van der Waals surface area contributed by atoms with Crippen molar-refractivity contribution in [3.63, 3.8) is 0 Å². The highest BCUT2D eigenvalue weighted by atomic mass is 16.6. The first-order valence-corrected chi connectivity index (χ1v) is 10.9. The predicted octanol–water partition coefficient (Wildman–Crippen LogP) is 3.04. The van der Waals surface area contributed by atoms with E-state index in [2.05, 4.69) is 4.98 Å². The topological polar surface area (TPSA) is 103 Å². The van der Waals surface area contributed by atoms with Crippen molar-refractivity contribution < 1.29 is 24.2 Å². The number of amides is 3. The lowest BCUT2D eigenvalue weighted by molar-refractivity contribution is -0.176. The SMILES string of the molecule is CC(C)(C)OC(=O)[C@@H]1Cc2c([nH]c3ccccc23)[C@]2(O)C(=O)N(Cc3ccccc3)C(=O)N12. The molecule has 8 heteroatoms. The molecule has 0 aliphatic carbocycles. The molecule has 33 heavy (non-hydrogen) atoms. The molecule has 0 bridgehead atoms. The fourth-order valence-electron chi connectivity index (χ4n) is 4.69. The summed E-state index contributed by atoms with van der Waals surface area (Å²) in [6.45, 7) is 5.18. The number of aliphatic hydroxyl groups is 1. The van der Waals surface area contributed by atoms with Crippen molar-refractivity contribution in [2.24, 2.45) is 0 Å². The summed E-state index contributed by atoms with van der Waals surface area (Å²) in [4.78, 5) is 45.4. The number of aromatic nitrogens is 1. The Morgan fingerprint density at radius 2 is 1.79 bits per heavy atom. The number of nitrogens with one attached hydrogen (secondary N) is 1. The van der Waals surface area contributed by atoms with Crippen LogP contribution in [0.2, 0.25) is 0 Å². The first kappa shape index (κ1) is 21.2. The number of urea groups is 1. The quantitative estimate of drug-likeness (QED) is 0.475. The number of imide groups is 1. The summed E-state index contributed by atoms with van der Waals surface area (Å²) in [5, 5.41) is 12.6. The molecular weight excluding hydrogens is 422 g/mol. The molecule has 2 aromatic carbocycles. The average Bonchev–Trinajstić information content (AvgIpc) is 3.23. The van der Waals surface area contributed by atoms with Crippen LogP contribution in [0.15, 0.2) is 54.6 Å². The maximum absolute atomic E-state index is 13.6. The van der Waals surface area contributed by atoms with E-state index in [4.69, 9.17) is 4.74 Å². The molecule has 0 saturated carbocycles. The highest BCUT2D eigenvalue weighted by molar-refractivity contribution is 6.09.